The fraction of sp³-hybridized carbons (Fsp3) is 0.316. The van der Waals surface area contributed by atoms with E-state index in [1.807, 2.05) is 42.5 Å². The molecule has 132 valence electrons. The minimum atomic E-state index is -0.209. The van der Waals surface area contributed by atoms with E-state index in [0.29, 0.717) is 23.9 Å². The molecule has 2 aromatic carbocycles. The van der Waals surface area contributed by atoms with Gasteiger partial charge in [-0.05, 0) is 35.4 Å². The SMILES string of the molecule is CC(C)(CNC(=O)NCc1ccc2c(c1)OCO2)c1ccc(Cl)cc1. The van der Waals surface area contributed by atoms with E-state index >= 15 is 0 Å². The van der Waals surface area contributed by atoms with E-state index in [-0.39, 0.29) is 18.2 Å². The number of halogens is 1. The number of hydrogen-bond donors (Lipinski definition) is 2. The number of rotatable bonds is 5. The maximum absolute atomic E-state index is 12.1. The van der Waals surface area contributed by atoms with Gasteiger partial charge in [0.05, 0.1) is 0 Å². The first kappa shape index (κ1) is 17.4. The third-order valence-corrected chi connectivity index (χ3v) is 4.46. The highest BCUT2D eigenvalue weighted by Crippen LogP contribution is 2.32. The smallest absolute Gasteiger partial charge is 0.315 e. The van der Waals surface area contributed by atoms with Gasteiger partial charge in [0, 0.05) is 23.5 Å². The standard InChI is InChI=1S/C19H21ClN2O3/c1-19(2,14-4-6-15(20)7-5-14)11-22-18(23)21-10-13-3-8-16-17(9-13)25-12-24-16/h3-9H,10-12H2,1-2H3,(H2,21,22,23). The zero-order chi connectivity index (χ0) is 17.9. The minimum Gasteiger partial charge on any atom is -0.454 e. The molecule has 1 aliphatic rings. The first-order chi connectivity index (χ1) is 11.9. The van der Waals surface area contributed by atoms with Gasteiger partial charge < -0.3 is 20.1 Å². The number of nitrogens with one attached hydrogen (secondary N) is 2. The lowest BCUT2D eigenvalue weighted by Crippen LogP contribution is -2.42. The Bertz CT molecular complexity index is 760. The van der Waals surface area contributed by atoms with Crippen molar-refractivity contribution in [2.45, 2.75) is 25.8 Å². The average molecular weight is 361 g/mol. The summed E-state index contributed by atoms with van der Waals surface area (Å²) in [6, 6.07) is 13.1. The quantitative estimate of drug-likeness (QED) is 0.851. The van der Waals surface area contributed by atoms with Crippen molar-refractivity contribution >= 4 is 17.6 Å². The lowest BCUT2D eigenvalue weighted by molar-refractivity contribution is 0.174. The number of ether oxygens (including phenoxy) is 2. The van der Waals surface area contributed by atoms with E-state index in [1.54, 1.807) is 0 Å². The van der Waals surface area contributed by atoms with Gasteiger partial charge in [0.1, 0.15) is 0 Å². The summed E-state index contributed by atoms with van der Waals surface area (Å²) in [6.45, 7) is 5.33. The Morgan fingerprint density at radius 2 is 1.80 bits per heavy atom. The third-order valence-electron chi connectivity index (χ3n) is 4.21. The van der Waals surface area contributed by atoms with Crippen LogP contribution in [-0.2, 0) is 12.0 Å². The second kappa shape index (κ2) is 7.23. The van der Waals surface area contributed by atoms with Crippen LogP contribution in [0.25, 0.3) is 0 Å². The average Bonchev–Trinajstić information content (AvgIpc) is 3.06. The van der Waals surface area contributed by atoms with Crippen LogP contribution in [0.4, 0.5) is 4.79 Å². The Morgan fingerprint density at radius 1 is 1.08 bits per heavy atom. The Kier molecular flexibility index (Phi) is 5.04. The van der Waals surface area contributed by atoms with Crippen molar-refractivity contribution in [1.82, 2.24) is 10.6 Å². The van der Waals surface area contributed by atoms with Crippen molar-refractivity contribution < 1.29 is 14.3 Å². The monoisotopic (exact) mass is 360 g/mol. The summed E-state index contributed by atoms with van der Waals surface area (Å²) < 4.78 is 10.6. The molecule has 0 aliphatic carbocycles. The molecule has 0 saturated heterocycles. The summed E-state index contributed by atoms with van der Waals surface area (Å²) in [4.78, 5) is 12.1. The summed E-state index contributed by atoms with van der Waals surface area (Å²) in [5, 5.41) is 6.48. The molecule has 25 heavy (non-hydrogen) atoms. The molecule has 1 aliphatic heterocycles. The molecule has 0 unspecified atom stereocenters. The van der Waals surface area contributed by atoms with Crippen LogP contribution in [0.5, 0.6) is 11.5 Å². The highest BCUT2D eigenvalue weighted by Gasteiger charge is 2.21. The summed E-state index contributed by atoms with van der Waals surface area (Å²) in [6.07, 6.45) is 0. The molecule has 0 radical (unpaired) electrons. The highest BCUT2D eigenvalue weighted by atomic mass is 35.5. The van der Waals surface area contributed by atoms with Gasteiger partial charge in [0.2, 0.25) is 6.79 Å². The zero-order valence-electron chi connectivity index (χ0n) is 14.3. The molecule has 2 amide bonds. The van der Waals surface area contributed by atoms with Crippen LogP contribution in [-0.4, -0.2) is 19.4 Å². The molecule has 1 heterocycles. The van der Waals surface area contributed by atoms with Crippen molar-refractivity contribution in [3.8, 4) is 11.5 Å². The van der Waals surface area contributed by atoms with Crippen molar-refractivity contribution in [3.63, 3.8) is 0 Å². The number of urea groups is 1. The molecule has 2 aromatic rings. The van der Waals surface area contributed by atoms with Gasteiger partial charge in [0.25, 0.3) is 0 Å². The highest BCUT2D eigenvalue weighted by molar-refractivity contribution is 6.30. The van der Waals surface area contributed by atoms with E-state index in [2.05, 4.69) is 24.5 Å². The van der Waals surface area contributed by atoms with Crippen LogP contribution in [0, 0.1) is 0 Å². The molecule has 0 fully saturated rings. The van der Waals surface area contributed by atoms with Gasteiger partial charge in [-0.25, -0.2) is 4.79 Å². The van der Waals surface area contributed by atoms with E-state index < -0.39 is 0 Å². The number of fused-ring (bicyclic) bond motifs is 1. The topological polar surface area (TPSA) is 59.6 Å². The van der Waals surface area contributed by atoms with Gasteiger partial charge in [-0.1, -0.05) is 43.6 Å². The second-order valence-electron chi connectivity index (χ2n) is 6.61. The van der Waals surface area contributed by atoms with Crippen LogP contribution in [0.2, 0.25) is 5.02 Å². The number of carbonyl (C=O) groups excluding carboxylic acids is 1. The predicted molar refractivity (Wildman–Crippen MR) is 97.3 cm³/mol. The first-order valence-electron chi connectivity index (χ1n) is 8.10. The summed E-state index contributed by atoms with van der Waals surface area (Å²) >= 11 is 5.93. The number of benzene rings is 2. The Balaban J connectivity index is 1.50. The molecule has 3 rings (SSSR count). The summed E-state index contributed by atoms with van der Waals surface area (Å²) in [5.41, 5.74) is 1.88. The fourth-order valence-electron chi connectivity index (χ4n) is 2.60. The normalized spacial score (nSPS) is 12.8. The zero-order valence-corrected chi connectivity index (χ0v) is 15.0. The molecule has 6 heteroatoms. The Labute approximate surface area is 152 Å². The summed E-state index contributed by atoms with van der Waals surface area (Å²) in [5.74, 6) is 1.45. The van der Waals surface area contributed by atoms with Crippen molar-refractivity contribution in [3.05, 3.63) is 58.6 Å². The predicted octanol–water partition coefficient (Wildman–Crippen LogP) is 3.85. The molecular formula is C19H21ClN2O3. The van der Waals surface area contributed by atoms with Crippen LogP contribution in [0.1, 0.15) is 25.0 Å². The summed E-state index contributed by atoms with van der Waals surface area (Å²) in [7, 11) is 0. The molecule has 0 bridgehead atoms. The van der Waals surface area contributed by atoms with Gasteiger partial charge in [-0.15, -0.1) is 0 Å². The number of amides is 2. The molecule has 0 aromatic heterocycles. The van der Waals surface area contributed by atoms with Crippen molar-refractivity contribution in [1.29, 1.82) is 0 Å². The molecule has 2 N–H and O–H groups in total. The van der Waals surface area contributed by atoms with E-state index in [9.17, 15) is 4.79 Å². The van der Waals surface area contributed by atoms with Gasteiger partial charge >= 0.3 is 6.03 Å². The number of hydrogen-bond acceptors (Lipinski definition) is 3. The van der Waals surface area contributed by atoms with Gasteiger partial charge in [-0.2, -0.15) is 0 Å². The van der Waals surface area contributed by atoms with Crippen molar-refractivity contribution in [2.75, 3.05) is 13.3 Å². The first-order valence-corrected chi connectivity index (χ1v) is 8.48. The maximum Gasteiger partial charge on any atom is 0.315 e. The van der Waals surface area contributed by atoms with E-state index in [1.165, 1.54) is 0 Å². The number of carbonyl (C=O) groups is 1. The van der Waals surface area contributed by atoms with Crippen LogP contribution in [0.3, 0.4) is 0 Å². The maximum atomic E-state index is 12.1. The third kappa shape index (κ3) is 4.37. The van der Waals surface area contributed by atoms with Crippen LogP contribution >= 0.6 is 11.6 Å². The lowest BCUT2D eigenvalue weighted by Gasteiger charge is -2.25. The van der Waals surface area contributed by atoms with Gasteiger partial charge in [0.15, 0.2) is 11.5 Å². The molecule has 0 saturated carbocycles. The molecular weight excluding hydrogens is 340 g/mol. The fourth-order valence-corrected chi connectivity index (χ4v) is 2.73. The van der Waals surface area contributed by atoms with E-state index in [4.69, 9.17) is 21.1 Å². The molecule has 0 spiro atoms. The van der Waals surface area contributed by atoms with Crippen LogP contribution in [0.15, 0.2) is 42.5 Å². The van der Waals surface area contributed by atoms with Crippen LogP contribution < -0.4 is 20.1 Å². The van der Waals surface area contributed by atoms with Crippen molar-refractivity contribution in [2.24, 2.45) is 0 Å². The largest absolute Gasteiger partial charge is 0.454 e. The van der Waals surface area contributed by atoms with Gasteiger partial charge in [-0.3, -0.25) is 0 Å². The minimum absolute atomic E-state index is 0.194. The van der Waals surface area contributed by atoms with E-state index in [0.717, 1.165) is 16.9 Å². The molecule has 0 atom stereocenters. The second-order valence-corrected chi connectivity index (χ2v) is 7.05. The lowest BCUT2D eigenvalue weighted by atomic mass is 9.85. The Hall–Kier alpha value is -2.40. The Morgan fingerprint density at radius 3 is 2.56 bits per heavy atom. The molecule has 5 nitrogen and oxygen atoms in total.